The van der Waals surface area contributed by atoms with Crippen LogP contribution in [0.5, 0.6) is 0 Å². The first-order valence-electron chi connectivity index (χ1n) is 3.54. The molecular formula is C7H16O3. The third kappa shape index (κ3) is 3.82. The van der Waals surface area contributed by atoms with Gasteiger partial charge in [-0.2, -0.15) is 0 Å². The lowest BCUT2D eigenvalue weighted by Gasteiger charge is -2.17. The van der Waals surface area contributed by atoms with Gasteiger partial charge < -0.3 is 14.6 Å². The molecule has 2 atom stereocenters. The van der Waals surface area contributed by atoms with Crippen LogP contribution in [0.1, 0.15) is 20.3 Å². The van der Waals surface area contributed by atoms with Crippen molar-refractivity contribution in [2.75, 3.05) is 13.7 Å². The van der Waals surface area contributed by atoms with E-state index in [1.54, 1.807) is 6.92 Å². The molecule has 0 spiro atoms. The fourth-order valence-electron chi connectivity index (χ4n) is 0.638. The van der Waals surface area contributed by atoms with Crippen LogP contribution in [-0.2, 0) is 9.47 Å². The van der Waals surface area contributed by atoms with Crippen LogP contribution in [0.15, 0.2) is 0 Å². The first kappa shape index (κ1) is 9.88. The molecule has 1 N–H and O–H groups in total. The first-order valence-corrected chi connectivity index (χ1v) is 3.54. The third-order valence-electron chi connectivity index (χ3n) is 1.11. The molecule has 0 bridgehead atoms. The Labute approximate surface area is 62.0 Å². The minimum absolute atomic E-state index is 0.472. The molecule has 0 fully saturated rings. The molecule has 0 aromatic rings. The Kier molecular flexibility index (Phi) is 5.58. The van der Waals surface area contributed by atoms with Gasteiger partial charge in [0.15, 0.2) is 6.29 Å². The molecule has 3 nitrogen and oxygen atoms in total. The van der Waals surface area contributed by atoms with Crippen LogP contribution in [0.25, 0.3) is 0 Å². The second-order valence-electron chi connectivity index (χ2n) is 2.22. The number of aliphatic hydroxyl groups is 1. The highest BCUT2D eigenvalue weighted by molar-refractivity contribution is 4.50. The quantitative estimate of drug-likeness (QED) is 0.585. The van der Waals surface area contributed by atoms with Crippen molar-refractivity contribution in [3.63, 3.8) is 0 Å². The average molecular weight is 148 g/mol. The summed E-state index contributed by atoms with van der Waals surface area (Å²) in [6, 6.07) is 0. The van der Waals surface area contributed by atoms with Gasteiger partial charge in [-0.15, -0.1) is 0 Å². The molecule has 0 saturated carbocycles. The lowest BCUT2D eigenvalue weighted by molar-refractivity contribution is -0.174. The largest absolute Gasteiger partial charge is 0.388 e. The second-order valence-corrected chi connectivity index (χ2v) is 2.22. The summed E-state index contributed by atoms with van der Waals surface area (Å²) in [4.78, 5) is 0. The van der Waals surface area contributed by atoms with Crippen LogP contribution in [0.3, 0.4) is 0 Å². The molecule has 0 aliphatic rings. The Bertz CT molecular complexity index is 73.3. The van der Waals surface area contributed by atoms with Crippen molar-refractivity contribution in [2.45, 2.75) is 32.7 Å². The predicted octanol–water partition coefficient (Wildman–Crippen LogP) is 0.766. The van der Waals surface area contributed by atoms with Gasteiger partial charge in [-0.3, -0.25) is 0 Å². The number of rotatable bonds is 5. The minimum atomic E-state index is -0.559. The van der Waals surface area contributed by atoms with E-state index in [1.165, 1.54) is 7.11 Å². The number of methoxy groups -OCH3 is 1. The van der Waals surface area contributed by atoms with Gasteiger partial charge >= 0.3 is 0 Å². The van der Waals surface area contributed by atoms with E-state index in [9.17, 15) is 0 Å². The van der Waals surface area contributed by atoms with E-state index in [1.807, 2.05) is 6.92 Å². The van der Waals surface area contributed by atoms with E-state index in [2.05, 4.69) is 0 Å². The monoisotopic (exact) mass is 148 g/mol. The number of ether oxygens (including phenoxy) is 2. The van der Waals surface area contributed by atoms with E-state index >= 15 is 0 Å². The van der Waals surface area contributed by atoms with Crippen molar-refractivity contribution in [1.82, 2.24) is 0 Å². The highest BCUT2D eigenvalue weighted by Crippen LogP contribution is 1.99. The van der Waals surface area contributed by atoms with E-state index in [-0.39, 0.29) is 0 Å². The zero-order valence-electron chi connectivity index (χ0n) is 6.83. The molecule has 0 aromatic carbocycles. The molecule has 3 heteroatoms. The summed E-state index contributed by atoms with van der Waals surface area (Å²) >= 11 is 0. The fourth-order valence-corrected chi connectivity index (χ4v) is 0.638. The zero-order valence-corrected chi connectivity index (χ0v) is 6.83. The minimum Gasteiger partial charge on any atom is -0.388 e. The maximum Gasteiger partial charge on any atom is 0.182 e. The van der Waals surface area contributed by atoms with Crippen LogP contribution in [0.4, 0.5) is 0 Å². The number of hydrogen-bond donors (Lipinski definition) is 1. The molecule has 0 saturated heterocycles. The summed E-state index contributed by atoms with van der Waals surface area (Å²) in [7, 11) is 1.52. The number of aliphatic hydroxyl groups excluding tert-OH is 1. The second kappa shape index (κ2) is 5.65. The molecule has 0 aliphatic carbocycles. The molecule has 0 heterocycles. The molecule has 10 heavy (non-hydrogen) atoms. The smallest absolute Gasteiger partial charge is 0.182 e. The van der Waals surface area contributed by atoms with E-state index in [4.69, 9.17) is 14.6 Å². The molecule has 2 unspecified atom stereocenters. The third-order valence-corrected chi connectivity index (χ3v) is 1.11. The Hall–Kier alpha value is -0.120. The SMILES string of the molecule is CCCOC(OC)C(C)O. The van der Waals surface area contributed by atoms with Crippen LogP contribution in [0.2, 0.25) is 0 Å². The molecule has 0 aliphatic heterocycles. The van der Waals surface area contributed by atoms with Gasteiger partial charge in [0, 0.05) is 13.7 Å². The summed E-state index contributed by atoms with van der Waals surface area (Å²) in [6.45, 7) is 4.28. The Morgan fingerprint density at radius 2 is 2.10 bits per heavy atom. The molecular weight excluding hydrogens is 132 g/mol. The van der Waals surface area contributed by atoms with Crippen molar-refractivity contribution in [3.8, 4) is 0 Å². The fraction of sp³-hybridized carbons (Fsp3) is 1.00. The summed E-state index contributed by atoms with van der Waals surface area (Å²) in [5.41, 5.74) is 0. The van der Waals surface area contributed by atoms with Gasteiger partial charge in [0.25, 0.3) is 0 Å². The average Bonchev–Trinajstić information content (AvgIpc) is 1.89. The van der Waals surface area contributed by atoms with Gasteiger partial charge in [0.2, 0.25) is 0 Å². The standard InChI is InChI=1S/C7H16O3/c1-4-5-10-7(9-3)6(2)8/h6-8H,4-5H2,1-3H3. The summed E-state index contributed by atoms with van der Waals surface area (Å²) in [5.74, 6) is 0. The number of hydrogen-bond acceptors (Lipinski definition) is 3. The summed E-state index contributed by atoms with van der Waals surface area (Å²) < 4.78 is 9.97. The van der Waals surface area contributed by atoms with Gasteiger partial charge in [0.05, 0.1) is 0 Å². The van der Waals surface area contributed by atoms with Crippen molar-refractivity contribution in [3.05, 3.63) is 0 Å². The van der Waals surface area contributed by atoms with Crippen molar-refractivity contribution in [1.29, 1.82) is 0 Å². The maximum atomic E-state index is 8.99. The van der Waals surface area contributed by atoms with E-state index in [0.717, 1.165) is 6.42 Å². The van der Waals surface area contributed by atoms with Crippen molar-refractivity contribution >= 4 is 0 Å². The van der Waals surface area contributed by atoms with Gasteiger partial charge in [-0.05, 0) is 13.3 Å². The lowest BCUT2D eigenvalue weighted by Crippen LogP contribution is -2.28. The highest BCUT2D eigenvalue weighted by Gasteiger charge is 2.12. The van der Waals surface area contributed by atoms with Crippen LogP contribution >= 0.6 is 0 Å². The Balaban J connectivity index is 3.40. The van der Waals surface area contributed by atoms with Gasteiger partial charge in [0.1, 0.15) is 6.10 Å². The molecule has 62 valence electrons. The predicted molar refractivity (Wildman–Crippen MR) is 38.7 cm³/mol. The molecule has 0 radical (unpaired) electrons. The van der Waals surface area contributed by atoms with Gasteiger partial charge in [-0.25, -0.2) is 0 Å². The summed E-state index contributed by atoms with van der Waals surface area (Å²) in [5, 5.41) is 8.99. The van der Waals surface area contributed by atoms with Crippen molar-refractivity contribution in [2.24, 2.45) is 0 Å². The topological polar surface area (TPSA) is 38.7 Å². The van der Waals surface area contributed by atoms with Gasteiger partial charge in [-0.1, -0.05) is 6.92 Å². The Morgan fingerprint density at radius 3 is 2.40 bits per heavy atom. The maximum absolute atomic E-state index is 8.99. The molecule has 0 amide bonds. The van der Waals surface area contributed by atoms with Crippen LogP contribution in [0, 0.1) is 0 Å². The normalized spacial score (nSPS) is 16.8. The molecule has 0 aromatic heterocycles. The summed E-state index contributed by atoms with van der Waals surface area (Å²) in [6.07, 6.45) is -0.0939. The Morgan fingerprint density at radius 1 is 1.50 bits per heavy atom. The highest BCUT2D eigenvalue weighted by atomic mass is 16.7. The van der Waals surface area contributed by atoms with E-state index < -0.39 is 12.4 Å². The van der Waals surface area contributed by atoms with E-state index in [0.29, 0.717) is 6.61 Å². The van der Waals surface area contributed by atoms with Crippen LogP contribution < -0.4 is 0 Å². The lowest BCUT2D eigenvalue weighted by atomic mass is 10.4. The van der Waals surface area contributed by atoms with Crippen molar-refractivity contribution < 1.29 is 14.6 Å². The van der Waals surface area contributed by atoms with Crippen LogP contribution in [-0.4, -0.2) is 31.2 Å². The molecule has 0 rings (SSSR count). The zero-order chi connectivity index (χ0) is 7.98. The first-order chi connectivity index (χ1) is 4.72.